The molecule has 0 radical (unpaired) electrons. The first-order chi connectivity index (χ1) is 39.2. The Bertz CT molecular complexity index is 3510. The molecule has 9 N–H and O–H groups in total. The van der Waals surface area contributed by atoms with Crippen LogP contribution in [0.4, 0.5) is 14.5 Å². The highest BCUT2D eigenvalue weighted by Gasteiger charge is 2.51. The largest absolute Gasteiger partial charge is 0.399 e. The molecular weight excluding hydrogens is 1100 g/mol. The standard InChI is InChI=1S/C58H59F2N8O12PS/c59-58(60,81(78,79)80)38-22-20-36-30-46(82-45(36)31-38)54(74)64-42-23-21-35-17-11-18-37-29-44(68(50(35)37)57(42)77)53(73)63-41(24-26-47(61)69)51(71)66-49(34-14-8-6-9-15-34)55(75)62-28-10-5-3-1-2-4-7-13-33-16-12-19-39-40(33)32-67(56(39)76)43-25-27-48(70)65-52(43)72/h6,8-9,11-12,14-20,22,30-31,41-44,49H,1-5,10,21,23-29,32H2,(H2,61,69)(H,62,75)(H,63,73)(H,64,74)(H,66,71)(H,65,70,72)(H2,78,79,80)/t41-,42-,43?,44-,49-/m0/s1. The van der Waals surface area contributed by atoms with Gasteiger partial charge in [0.1, 0.15) is 30.2 Å². The fraction of sp³-hybridized carbons (Fsp3) is 0.362. The molecule has 20 nitrogen and oxygen atoms in total. The summed E-state index contributed by atoms with van der Waals surface area (Å²) in [5.41, 5.74) is 4.38. The third-order valence-corrected chi connectivity index (χ3v) is 17.1. The summed E-state index contributed by atoms with van der Waals surface area (Å²) in [6, 6.07) is 17.7. The Morgan fingerprint density at radius 3 is 2.35 bits per heavy atom. The van der Waals surface area contributed by atoms with Crippen LogP contribution in [0, 0.1) is 11.8 Å². The van der Waals surface area contributed by atoms with Crippen molar-refractivity contribution in [1.82, 2.24) is 31.5 Å². The number of nitrogens with zero attached hydrogens (tertiary/aromatic N) is 2. The zero-order valence-electron chi connectivity index (χ0n) is 44.2. The van der Waals surface area contributed by atoms with Gasteiger partial charge < -0.3 is 41.7 Å². The van der Waals surface area contributed by atoms with Gasteiger partial charge in [-0.15, -0.1) is 11.3 Å². The number of rotatable bonds is 21. The molecule has 1 unspecified atom stereocenters. The predicted octanol–water partition coefficient (Wildman–Crippen LogP) is 5.01. The highest BCUT2D eigenvalue weighted by atomic mass is 32.1. The van der Waals surface area contributed by atoms with Crippen molar-refractivity contribution in [3.8, 4) is 11.8 Å². The molecule has 1 fully saturated rings. The van der Waals surface area contributed by atoms with Crippen LogP contribution in [0.1, 0.15) is 130 Å². The lowest BCUT2D eigenvalue weighted by Crippen LogP contribution is -2.57. The fourth-order valence-corrected chi connectivity index (χ4v) is 12.2. The number of nitrogens with one attached hydrogen (secondary N) is 5. The normalized spacial score (nSPS) is 18.3. The Morgan fingerprint density at radius 2 is 1.60 bits per heavy atom. The smallest absolute Gasteiger partial charge is 0.370 e. The SMILES string of the molecule is NC(=O)CC[C@H](NC(=O)[C@@H]1Cc2cccc3c2N1C(=O)[C@@H](NC(=O)c1cc2ccc(C(F)(F)P(=O)(O)O)cc2s1)CC3)C(=O)N[C@H](C(=O)NCCCCCCCC#Cc1cccc2c1CN(C1CCC(=O)NC1=O)C2=O)c1ccccc1. The van der Waals surface area contributed by atoms with Crippen LogP contribution in [0.25, 0.3) is 10.1 Å². The number of primary amides is 1. The van der Waals surface area contributed by atoms with Crippen LogP contribution in [0.3, 0.4) is 0 Å². The van der Waals surface area contributed by atoms with Gasteiger partial charge in [-0.1, -0.05) is 97.8 Å². The van der Waals surface area contributed by atoms with E-state index in [-0.39, 0.29) is 73.0 Å². The van der Waals surface area contributed by atoms with Crippen LogP contribution in [0.2, 0.25) is 0 Å². The first kappa shape index (κ1) is 58.5. The van der Waals surface area contributed by atoms with E-state index in [0.717, 1.165) is 65.8 Å². The number of amides is 9. The van der Waals surface area contributed by atoms with Crippen molar-refractivity contribution in [3.05, 3.63) is 135 Å². The Kier molecular flexibility index (Phi) is 17.8. The molecule has 82 heavy (non-hydrogen) atoms. The lowest BCUT2D eigenvalue weighted by atomic mass is 10.0. The van der Waals surface area contributed by atoms with E-state index in [1.807, 2.05) is 6.07 Å². The van der Waals surface area contributed by atoms with Crippen LogP contribution < -0.4 is 37.2 Å². The molecule has 1 aromatic heterocycles. The number of halogens is 2. The third-order valence-electron chi connectivity index (χ3n) is 15.0. The number of para-hydroxylation sites is 1. The Morgan fingerprint density at radius 1 is 0.854 bits per heavy atom. The topological polar surface area (TPSA) is 304 Å². The number of carbonyl (C=O) groups is 9. The Balaban J connectivity index is 0.792. The van der Waals surface area contributed by atoms with E-state index in [1.165, 1.54) is 21.9 Å². The molecule has 4 aromatic carbocycles. The summed E-state index contributed by atoms with van der Waals surface area (Å²) in [7, 11) is -5.87. The first-order valence-corrected chi connectivity index (χ1v) is 29.3. The number of unbranched alkanes of at least 4 members (excludes halogenated alkanes) is 5. The van der Waals surface area contributed by atoms with Crippen LogP contribution in [-0.4, -0.2) is 98.6 Å². The summed E-state index contributed by atoms with van der Waals surface area (Å²) in [6.45, 7) is 0.526. The number of alkyl halides is 2. The van der Waals surface area contributed by atoms with Gasteiger partial charge in [0.05, 0.1) is 10.6 Å². The number of benzene rings is 4. The molecule has 9 amide bonds. The number of hydrogen-bond donors (Lipinski definition) is 8. The maximum Gasteiger partial charge on any atom is 0.399 e. The minimum Gasteiger partial charge on any atom is -0.370 e. The van der Waals surface area contributed by atoms with E-state index < -0.39 is 90.4 Å². The van der Waals surface area contributed by atoms with Crippen molar-refractivity contribution in [3.63, 3.8) is 0 Å². The van der Waals surface area contributed by atoms with Gasteiger partial charge in [-0.3, -0.25) is 57.9 Å². The molecule has 0 aliphatic carbocycles. The van der Waals surface area contributed by atoms with Gasteiger partial charge >= 0.3 is 13.3 Å². The lowest BCUT2D eigenvalue weighted by molar-refractivity contribution is -0.137. The average Bonchev–Trinajstić information content (AvgIpc) is 4.17. The van der Waals surface area contributed by atoms with Gasteiger partial charge in [-0.2, -0.15) is 8.78 Å². The van der Waals surface area contributed by atoms with Crippen LogP contribution in [-0.2, 0) is 63.2 Å². The molecule has 9 rings (SSSR count). The molecule has 5 heterocycles. The highest BCUT2D eigenvalue weighted by molar-refractivity contribution is 7.52. The predicted molar refractivity (Wildman–Crippen MR) is 297 cm³/mol. The third kappa shape index (κ3) is 12.8. The quantitative estimate of drug-likeness (QED) is 0.0208. The van der Waals surface area contributed by atoms with Crippen molar-refractivity contribution >= 4 is 87.9 Å². The molecular formula is C58H59F2N8O12PS. The van der Waals surface area contributed by atoms with E-state index >= 15 is 0 Å². The second-order valence-corrected chi connectivity index (χ2v) is 23.4. The Hall–Kier alpha value is -8.16. The van der Waals surface area contributed by atoms with E-state index in [1.54, 1.807) is 60.7 Å². The maximum atomic E-state index is 14.6. The number of piperidine rings is 1. The van der Waals surface area contributed by atoms with Crippen LogP contribution in [0.15, 0.2) is 91.0 Å². The minimum absolute atomic E-state index is 0.0216. The zero-order valence-corrected chi connectivity index (χ0v) is 45.9. The van der Waals surface area contributed by atoms with Crippen molar-refractivity contribution in [1.29, 1.82) is 0 Å². The number of anilines is 1. The molecule has 4 aliphatic rings. The van der Waals surface area contributed by atoms with Crippen molar-refractivity contribution in [2.45, 2.75) is 126 Å². The van der Waals surface area contributed by atoms with Gasteiger partial charge in [-0.25, -0.2) is 0 Å². The summed E-state index contributed by atoms with van der Waals surface area (Å²) in [4.78, 5) is 142. The summed E-state index contributed by atoms with van der Waals surface area (Å²) in [5.74, 6) is 1.10. The number of carbonyl (C=O) groups excluding carboxylic acids is 9. The molecule has 5 aromatic rings. The van der Waals surface area contributed by atoms with Gasteiger partial charge in [0.25, 0.3) is 11.8 Å². The van der Waals surface area contributed by atoms with Crippen molar-refractivity contribution in [2.24, 2.45) is 5.73 Å². The van der Waals surface area contributed by atoms with Crippen molar-refractivity contribution in [2.75, 3.05) is 11.4 Å². The summed E-state index contributed by atoms with van der Waals surface area (Å²) in [5, 5.41) is 13.8. The number of hydrogen-bond acceptors (Lipinski definition) is 11. The highest BCUT2D eigenvalue weighted by Crippen LogP contribution is 2.59. The second-order valence-electron chi connectivity index (χ2n) is 20.6. The second kappa shape index (κ2) is 24.9. The molecule has 5 atom stereocenters. The average molecular weight is 1160 g/mol. The number of nitrogens with two attached hydrogens (primary N) is 1. The van der Waals surface area contributed by atoms with Gasteiger partial charge in [0, 0.05) is 60.2 Å². The number of aryl methyl sites for hydroxylation is 1. The lowest BCUT2D eigenvalue weighted by Gasteiger charge is -2.29. The first-order valence-electron chi connectivity index (χ1n) is 26.9. The molecule has 0 bridgehead atoms. The minimum atomic E-state index is -5.87. The van der Waals surface area contributed by atoms with Gasteiger partial charge in [0.2, 0.25) is 41.4 Å². The van der Waals surface area contributed by atoms with Crippen LogP contribution >= 0.6 is 18.9 Å². The van der Waals surface area contributed by atoms with E-state index in [9.17, 15) is 66.3 Å². The van der Waals surface area contributed by atoms with Gasteiger partial charge in [0.15, 0.2) is 0 Å². The molecule has 4 aliphatic heterocycles. The number of thiophene rings is 1. The van der Waals surface area contributed by atoms with Crippen molar-refractivity contribution < 1.29 is 66.3 Å². The summed E-state index contributed by atoms with van der Waals surface area (Å²) >= 11 is 0.780. The van der Waals surface area contributed by atoms with Gasteiger partial charge in [-0.05, 0) is 90.4 Å². The molecule has 24 heteroatoms. The molecule has 1 saturated heterocycles. The van der Waals surface area contributed by atoms with E-state index in [0.29, 0.717) is 47.0 Å². The zero-order chi connectivity index (χ0) is 58.5. The summed E-state index contributed by atoms with van der Waals surface area (Å²) < 4.78 is 40.8. The molecule has 428 valence electrons. The molecule has 0 spiro atoms. The molecule has 0 saturated carbocycles. The Labute approximate surface area is 473 Å². The fourth-order valence-electron chi connectivity index (χ4n) is 10.8. The van der Waals surface area contributed by atoms with Crippen LogP contribution in [0.5, 0.6) is 0 Å². The van der Waals surface area contributed by atoms with E-state index in [2.05, 4.69) is 38.4 Å². The maximum absolute atomic E-state index is 14.6. The number of imide groups is 1. The van der Waals surface area contributed by atoms with E-state index in [4.69, 9.17) is 5.73 Å². The summed E-state index contributed by atoms with van der Waals surface area (Å²) in [6.07, 6.45) is 4.87. The monoisotopic (exact) mass is 1160 g/mol. The number of fused-ring (bicyclic) bond motifs is 2.